The lowest BCUT2D eigenvalue weighted by Crippen LogP contribution is -1.93. The summed E-state index contributed by atoms with van der Waals surface area (Å²) < 4.78 is 10.3. The summed E-state index contributed by atoms with van der Waals surface area (Å²) >= 11 is 1.63. The van der Waals surface area contributed by atoms with E-state index in [0.717, 1.165) is 27.8 Å². The highest BCUT2D eigenvalue weighted by atomic mass is 32.2. The highest BCUT2D eigenvalue weighted by molar-refractivity contribution is 7.98. The first kappa shape index (κ1) is 13.5. The lowest BCUT2D eigenvalue weighted by Gasteiger charge is -2.08. The van der Waals surface area contributed by atoms with Gasteiger partial charge in [-0.05, 0) is 24.3 Å². The van der Waals surface area contributed by atoms with Crippen LogP contribution in [-0.4, -0.2) is 19.2 Å². The molecule has 5 heteroatoms. The minimum atomic E-state index is 0.622. The van der Waals surface area contributed by atoms with E-state index < -0.39 is 0 Å². The van der Waals surface area contributed by atoms with Gasteiger partial charge in [-0.25, -0.2) is 4.98 Å². The van der Waals surface area contributed by atoms with Crippen molar-refractivity contribution in [1.82, 2.24) is 4.98 Å². The van der Waals surface area contributed by atoms with Crippen LogP contribution in [0.1, 0.15) is 5.69 Å². The summed E-state index contributed by atoms with van der Waals surface area (Å²) in [7, 11) is 3.25. The molecular weight excluding hydrogens is 260 g/mol. The molecule has 0 radical (unpaired) electrons. The van der Waals surface area contributed by atoms with E-state index in [4.69, 9.17) is 15.2 Å². The van der Waals surface area contributed by atoms with Gasteiger partial charge in [0.1, 0.15) is 5.75 Å². The standard InChI is InChI=1S/C14H16N2O2S/c1-17-11-6-7-12(15)13(8-11)19-9-10-4-3-5-14(16-10)18-2/h3-8H,9,15H2,1-2H3. The van der Waals surface area contributed by atoms with E-state index in [1.807, 2.05) is 36.4 Å². The largest absolute Gasteiger partial charge is 0.497 e. The summed E-state index contributed by atoms with van der Waals surface area (Å²) in [5.41, 5.74) is 7.64. The molecule has 0 aliphatic carbocycles. The van der Waals surface area contributed by atoms with Crippen LogP contribution in [0.15, 0.2) is 41.3 Å². The van der Waals surface area contributed by atoms with Crippen molar-refractivity contribution in [1.29, 1.82) is 0 Å². The molecule has 0 saturated carbocycles. The molecule has 0 aliphatic rings. The molecule has 4 nitrogen and oxygen atoms in total. The number of anilines is 1. The molecule has 100 valence electrons. The molecule has 0 aliphatic heterocycles. The second-order valence-corrected chi connectivity index (χ2v) is 4.88. The van der Waals surface area contributed by atoms with Crippen molar-refractivity contribution in [3.8, 4) is 11.6 Å². The van der Waals surface area contributed by atoms with Gasteiger partial charge in [-0.1, -0.05) is 6.07 Å². The predicted octanol–water partition coefficient (Wildman–Crippen LogP) is 2.97. The third kappa shape index (κ3) is 3.54. The van der Waals surface area contributed by atoms with Gasteiger partial charge < -0.3 is 15.2 Å². The zero-order chi connectivity index (χ0) is 13.7. The summed E-state index contributed by atoms with van der Waals surface area (Å²) in [4.78, 5) is 5.35. The lowest BCUT2D eigenvalue weighted by molar-refractivity contribution is 0.397. The van der Waals surface area contributed by atoms with Gasteiger partial charge in [-0.2, -0.15) is 0 Å². The third-order valence-corrected chi connectivity index (χ3v) is 3.69. The maximum atomic E-state index is 5.94. The van der Waals surface area contributed by atoms with Gasteiger partial charge in [0.15, 0.2) is 0 Å². The lowest BCUT2D eigenvalue weighted by atomic mass is 10.3. The Bertz CT molecular complexity index is 561. The van der Waals surface area contributed by atoms with Crippen LogP contribution >= 0.6 is 11.8 Å². The molecule has 0 fully saturated rings. The number of aromatic nitrogens is 1. The molecule has 19 heavy (non-hydrogen) atoms. The van der Waals surface area contributed by atoms with E-state index in [2.05, 4.69) is 4.98 Å². The number of ether oxygens (including phenoxy) is 2. The van der Waals surface area contributed by atoms with Gasteiger partial charge in [0, 0.05) is 22.4 Å². The number of nitrogen functional groups attached to an aromatic ring is 1. The Hall–Kier alpha value is -1.88. The Labute approximate surface area is 116 Å². The smallest absolute Gasteiger partial charge is 0.213 e. The molecule has 0 spiro atoms. The van der Waals surface area contributed by atoms with Crippen LogP contribution in [0.3, 0.4) is 0 Å². The van der Waals surface area contributed by atoms with E-state index in [-0.39, 0.29) is 0 Å². The zero-order valence-electron chi connectivity index (χ0n) is 10.9. The second-order valence-electron chi connectivity index (χ2n) is 3.86. The van der Waals surface area contributed by atoms with Crippen molar-refractivity contribution in [3.63, 3.8) is 0 Å². The Morgan fingerprint density at radius 1 is 1.16 bits per heavy atom. The molecule has 0 bridgehead atoms. The molecule has 0 unspecified atom stereocenters. The van der Waals surface area contributed by atoms with Crippen LogP contribution in [-0.2, 0) is 5.75 Å². The molecular formula is C14H16N2O2S. The summed E-state index contributed by atoms with van der Waals surface area (Å²) in [5, 5.41) is 0. The van der Waals surface area contributed by atoms with E-state index in [1.54, 1.807) is 26.0 Å². The van der Waals surface area contributed by atoms with Gasteiger partial charge >= 0.3 is 0 Å². The summed E-state index contributed by atoms with van der Waals surface area (Å²) in [6, 6.07) is 11.3. The summed E-state index contributed by atoms with van der Waals surface area (Å²) in [5.74, 6) is 2.15. The molecule has 2 N–H and O–H groups in total. The number of nitrogens with two attached hydrogens (primary N) is 1. The third-order valence-electron chi connectivity index (χ3n) is 2.59. The molecule has 0 atom stereocenters. The monoisotopic (exact) mass is 276 g/mol. The Morgan fingerprint density at radius 3 is 2.74 bits per heavy atom. The molecule has 0 amide bonds. The maximum Gasteiger partial charge on any atom is 0.213 e. The van der Waals surface area contributed by atoms with Crippen LogP contribution in [0.5, 0.6) is 11.6 Å². The average molecular weight is 276 g/mol. The SMILES string of the molecule is COc1ccc(N)c(SCc2cccc(OC)n2)c1. The van der Waals surface area contributed by atoms with Crippen LogP contribution in [0.4, 0.5) is 5.69 Å². The van der Waals surface area contributed by atoms with Crippen LogP contribution in [0.2, 0.25) is 0 Å². The Kier molecular flexibility index (Phi) is 4.52. The number of methoxy groups -OCH3 is 2. The molecule has 1 aromatic carbocycles. The minimum absolute atomic E-state index is 0.622. The van der Waals surface area contributed by atoms with Gasteiger partial charge in [0.25, 0.3) is 0 Å². The van der Waals surface area contributed by atoms with Crippen molar-refractivity contribution >= 4 is 17.4 Å². The summed E-state index contributed by atoms with van der Waals surface area (Å²) in [6.07, 6.45) is 0. The number of thioether (sulfide) groups is 1. The normalized spacial score (nSPS) is 10.2. The van der Waals surface area contributed by atoms with Crippen molar-refractivity contribution in [3.05, 3.63) is 42.1 Å². The van der Waals surface area contributed by atoms with Gasteiger partial charge in [0.05, 0.1) is 19.9 Å². The van der Waals surface area contributed by atoms with Gasteiger partial charge in [0.2, 0.25) is 5.88 Å². The van der Waals surface area contributed by atoms with Gasteiger partial charge in [-0.15, -0.1) is 11.8 Å². The van der Waals surface area contributed by atoms with Crippen LogP contribution in [0.25, 0.3) is 0 Å². The quantitative estimate of drug-likeness (QED) is 0.672. The van der Waals surface area contributed by atoms with E-state index in [0.29, 0.717) is 5.88 Å². The topological polar surface area (TPSA) is 57.4 Å². The molecule has 2 aromatic rings. The minimum Gasteiger partial charge on any atom is -0.497 e. The number of rotatable bonds is 5. The summed E-state index contributed by atoms with van der Waals surface area (Å²) in [6.45, 7) is 0. The number of hydrogen-bond donors (Lipinski definition) is 1. The highest BCUT2D eigenvalue weighted by Crippen LogP contribution is 2.31. The van der Waals surface area contributed by atoms with Gasteiger partial charge in [-0.3, -0.25) is 0 Å². The molecule has 1 aromatic heterocycles. The van der Waals surface area contributed by atoms with E-state index in [1.165, 1.54) is 0 Å². The van der Waals surface area contributed by atoms with Crippen molar-refractivity contribution in [2.24, 2.45) is 0 Å². The van der Waals surface area contributed by atoms with E-state index >= 15 is 0 Å². The molecule has 0 saturated heterocycles. The average Bonchev–Trinajstić information content (AvgIpc) is 2.46. The fourth-order valence-electron chi connectivity index (χ4n) is 1.57. The van der Waals surface area contributed by atoms with Crippen LogP contribution < -0.4 is 15.2 Å². The highest BCUT2D eigenvalue weighted by Gasteiger charge is 2.04. The number of benzene rings is 1. The molecule has 1 heterocycles. The molecule has 2 rings (SSSR count). The second kappa shape index (κ2) is 6.33. The number of hydrogen-bond acceptors (Lipinski definition) is 5. The Balaban J connectivity index is 2.09. The van der Waals surface area contributed by atoms with Crippen molar-refractivity contribution < 1.29 is 9.47 Å². The van der Waals surface area contributed by atoms with Crippen LogP contribution in [0, 0.1) is 0 Å². The predicted molar refractivity (Wildman–Crippen MR) is 77.8 cm³/mol. The Morgan fingerprint density at radius 2 is 2.00 bits per heavy atom. The maximum absolute atomic E-state index is 5.94. The first-order chi connectivity index (χ1) is 9.22. The van der Waals surface area contributed by atoms with Crippen molar-refractivity contribution in [2.75, 3.05) is 20.0 Å². The van der Waals surface area contributed by atoms with Crippen molar-refractivity contribution in [2.45, 2.75) is 10.6 Å². The number of nitrogens with zero attached hydrogens (tertiary/aromatic N) is 1. The first-order valence-electron chi connectivity index (χ1n) is 5.79. The zero-order valence-corrected chi connectivity index (χ0v) is 11.7. The van der Waals surface area contributed by atoms with E-state index in [9.17, 15) is 0 Å². The fourth-order valence-corrected chi connectivity index (χ4v) is 2.47. The first-order valence-corrected chi connectivity index (χ1v) is 6.77. The fraction of sp³-hybridized carbons (Fsp3) is 0.214. The number of pyridine rings is 1.